The van der Waals surface area contributed by atoms with Gasteiger partial charge in [-0.15, -0.1) is 10.2 Å². The van der Waals surface area contributed by atoms with E-state index in [9.17, 15) is 4.79 Å². The van der Waals surface area contributed by atoms with Crippen molar-refractivity contribution in [2.75, 3.05) is 42.6 Å². The molecule has 0 spiro atoms. The monoisotopic (exact) mass is 315 g/mol. The van der Waals surface area contributed by atoms with Gasteiger partial charge in [-0.3, -0.25) is 0 Å². The van der Waals surface area contributed by atoms with Crippen LogP contribution >= 0.6 is 0 Å². The highest BCUT2D eigenvalue weighted by Gasteiger charge is 2.19. The van der Waals surface area contributed by atoms with Gasteiger partial charge in [0, 0.05) is 38.4 Å². The predicted molar refractivity (Wildman–Crippen MR) is 83.8 cm³/mol. The van der Waals surface area contributed by atoms with Crippen LogP contribution in [0.1, 0.15) is 0 Å². The summed E-state index contributed by atoms with van der Waals surface area (Å²) in [7, 11) is 0. The maximum atomic E-state index is 10.4. The van der Waals surface area contributed by atoms with Gasteiger partial charge in [0.15, 0.2) is 12.4 Å². The second-order valence-corrected chi connectivity index (χ2v) is 5.07. The number of nitrogens with zero attached hydrogens (tertiary/aromatic N) is 5. The molecule has 120 valence electrons. The largest absolute Gasteiger partial charge is 0.479 e. The minimum Gasteiger partial charge on any atom is -0.479 e. The molecule has 0 unspecified atom stereocenters. The minimum atomic E-state index is -1.04. The highest BCUT2D eigenvalue weighted by molar-refractivity contribution is 5.68. The summed E-state index contributed by atoms with van der Waals surface area (Å²) < 4.78 is 4.98. The number of carboxylic acids is 1. The van der Waals surface area contributed by atoms with E-state index in [0.717, 1.165) is 37.8 Å². The molecule has 23 heavy (non-hydrogen) atoms. The van der Waals surface area contributed by atoms with Crippen molar-refractivity contribution in [3.63, 3.8) is 0 Å². The summed E-state index contributed by atoms with van der Waals surface area (Å²) in [4.78, 5) is 19.2. The molecule has 0 bridgehead atoms. The third-order valence-corrected chi connectivity index (χ3v) is 3.55. The van der Waals surface area contributed by atoms with E-state index in [1.807, 2.05) is 18.2 Å². The molecule has 0 aromatic carbocycles. The number of pyridine rings is 1. The van der Waals surface area contributed by atoms with Gasteiger partial charge in [0.05, 0.1) is 0 Å². The molecule has 1 aliphatic heterocycles. The van der Waals surface area contributed by atoms with Crippen molar-refractivity contribution in [2.24, 2.45) is 0 Å². The molecule has 0 aliphatic carbocycles. The molecule has 3 heterocycles. The summed E-state index contributed by atoms with van der Waals surface area (Å²) >= 11 is 0. The fourth-order valence-corrected chi connectivity index (χ4v) is 2.40. The first-order valence-corrected chi connectivity index (χ1v) is 7.31. The summed E-state index contributed by atoms with van der Waals surface area (Å²) in [5.41, 5.74) is 0. The van der Waals surface area contributed by atoms with Gasteiger partial charge >= 0.3 is 5.97 Å². The Morgan fingerprint density at radius 3 is 2.35 bits per heavy atom. The number of aromatic nitrogens is 3. The number of anilines is 2. The molecular weight excluding hydrogens is 298 g/mol. The third-order valence-electron chi connectivity index (χ3n) is 3.55. The lowest BCUT2D eigenvalue weighted by molar-refractivity contribution is -0.139. The van der Waals surface area contributed by atoms with Crippen molar-refractivity contribution in [2.45, 2.75) is 0 Å². The van der Waals surface area contributed by atoms with E-state index in [1.165, 1.54) is 0 Å². The lowest BCUT2D eigenvalue weighted by Crippen LogP contribution is -2.47. The number of carboxylic acid groups (broad SMARTS) is 1. The van der Waals surface area contributed by atoms with Crippen LogP contribution in [-0.2, 0) is 4.79 Å². The Morgan fingerprint density at radius 1 is 1.04 bits per heavy atom. The second kappa shape index (κ2) is 6.91. The first-order chi connectivity index (χ1) is 11.2. The van der Waals surface area contributed by atoms with Crippen molar-refractivity contribution < 1.29 is 14.6 Å². The summed E-state index contributed by atoms with van der Waals surface area (Å²) in [5, 5.41) is 16.6. The second-order valence-electron chi connectivity index (χ2n) is 5.07. The van der Waals surface area contributed by atoms with E-state index >= 15 is 0 Å². The van der Waals surface area contributed by atoms with Gasteiger partial charge in [-0.25, -0.2) is 9.78 Å². The first-order valence-electron chi connectivity index (χ1n) is 7.31. The zero-order valence-electron chi connectivity index (χ0n) is 12.5. The van der Waals surface area contributed by atoms with Gasteiger partial charge in [-0.2, -0.15) is 0 Å². The van der Waals surface area contributed by atoms with Crippen LogP contribution in [0.3, 0.4) is 0 Å². The molecule has 1 saturated heterocycles. The number of hydrogen-bond acceptors (Lipinski definition) is 7. The number of hydrogen-bond donors (Lipinski definition) is 1. The zero-order valence-corrected chi connectivity index (χ0v) is 12.5. The number of piperazine rings is 1. The third kappa shape index (κ3) is 3.85. The smallest absolute Gasteiger partial charge is 0.341 e. The molecule has 3 rings (SSSR count). The Morgan fingerprint density at radius 2 is 1.78 bits per heavy atom. The summed E-state index contributed by atoms with van der Waals surface area (Å²) in [5.74, 6) is 0.911. The van der Waals surface area contributed by atoms with Crippen LogP contribution in [0.15, 0.2) is 36.5 Å². The Balaban J connectivity index is 1.56. The van der Waals surface area contributed by atoms with Gasteiger partial charge in [0.25, 0.3) is 0 Å². The van der Waals surface area contributed by atoms with Crippen LogP contribution < -0.4 is 14.5 Å². The van der Waals surface area contributed by atoms with E-state index < -0.39 is 12.6 Å². The maximum Gasteiger partial charge on any atom is 0.341 e. The molecule has 2 aromatic heterocycles. The van der Waals surface area contributed by atoms with Crippen LogP contribution in [0, 0.1) is 0 Å². The van der Waals surface area contributed by atoms with Gasteiger partial charge < -0.3 is 19.6 Å². The lowest BCUT2D eigenvalue weighted by Gasteiger charge is -2.35. The average molecular weight is 315 g/mol. The molecule has 0 saturated carbocycles. The standard InChI is InChI=1S/C15H17N5O3/c21-15(22)11-23-14-5-4-13(17-18-14)20-9-7-19(8-10-20)12-3-1-2-6-16-12/h1-6H,7-11H2,(H,21,22). The van der Waals surface area contributed by atoms with E-state index in [1.54, 1.807) is 18.3 Å². The highest BCUT2D eigenvalue weighted by atomic mass is 16.5. The van der Waals surface area contributed by atoms with Gasteiger partial charge in [-0.05, 0) is 18.2 Å². The fraction of sp³-hybridized carbons (Fsp3) is 0.333. The Bertz CT molecular complexity index is 642. The van der Waals surface area contributed by atoms with E-state index in [-0.39, 0.29) is 5.88 Å². The molecule has 8 heteroatoms. The summed E-state index contributed by atoms with van der Waals surface area (Å²) in [6.45, 7) is 2.93. The Labute approximate surface area is 133 Å². The van der Waals surface area contributed by atoms with Crippen molar-refractivity contribution in [1.29, 1.82) is 0 Å². The lowest BCUT2D eigenvalue weighted by atomic mass is 10.3. The van der Waals surface area contributed by atoms with Crippen molar-refractivity contribution >= 4 is 17.6 Å². The highest BCUT2D eigenvalue weighted by Crippen LogP contribution is 2.18. The number of rotatable bonds is 5. The van der Waals surface area contributed by atoms with Crippen molar-refractivity contribution in [3.05, 3.63) is 36.5 Å². The van der Waals surface area contributed by atoms with E-state index in [0.29, 0.717) is 0 Å². The molecule has 1 N–H and O–H groups in total. The molecule has 2 aromatic rings. The van der Waals surface area contributed by atoms with Crippen molar-refractivity contribution in [1.82, 2.24) is 15.2 Å². The summed E-state index contributed by atoms with van der Waals surface area (Å²) in [6.07, 6.45) is 1.79. The van der Waals surface area contributed by atoms with E-state index in [4.69, 9.17) is 9.84 Å². The van der Waals surface area contributed by atoms with E-state index in [2.05, 4.69) is 25.0 Å². The summed E-state index contributed by atoms with van der Waals surface area (Å²) in [6, 6.07) is 9.32. The molecule has 1 fully saturated rings. The van der Waals surface area contributed by atoms with Gasteiger partial charge in [0.1, 0.15) is 5.82 Å². The molecule has 0 radical (unpaired) electrons. The fourth-order valence-electron chi connectivity index (χ4n) is 2.40. The normalized spacial score (nSPS) is 14.6. The van der Waals surface area contributed by atoms with Crippen LogP contribution in [0.25, 0.3) is 0 Å². The molecule has 0 amide bonds. The molecule has 8 nitrogen and oxygen atoms in total. The SMILES string of the molecule is O=C(O)COc1ccc(N2CCN(c3ccccn3)CC2)nn1. The topological polar surface area (TPSA) is 91.7 Å². The van der Waals surface area contributed by atoms with Gasteiger partial charge in [-0.1, -0.05) is 6.07 Å². The van der Waals surface area contributed by atoms with Crippen LogP contribution in [0.4, 0.5) is 11.6 Å². The Kier molecular flexibility index (Phi) is 4.51. The van der Waals surface area contributed by atoms with Crippen LogP contribution in [0.2, 0.25) is 0 Å². The number of aliphatic carboxylic acids is 1. The Hall–Kier alpha value is -2.90. The first kappa shape index (κ1) is 15.0. The number of carbonyl (C=O) groups is 1. The zero-order chi connectivity index (χ0) is 16.1. The van der Waals surface area contributed by atoms with Gasteiger partial charge in [0.2, 0.25) is 5.88 Å². The van der Waals surface area contributed by atoms with Crippen LogP contribution in [0.5, 0.6) is 5.88 Å². The maximum absolute atomic E-state index is 10.4. The van der Waals surface area contributed by atoms with Crippen LogP contribution in [-0.4, -0.2) is 59.0 Å². The quantitative estimate of drug-likeness (QED) is 0.860. The molecule has 0 atom stereocenters. The minimum absolute atomic E-state index is 0.211. The number of ether oxygens (including phenoxy) is 1. The average Bonchev–Trinajstić information content (AvgIpc) is 2.61. The van der Waals surface area contributed by atoms with Crippen molar-refractivity contribution in [3.8, 4) is 5.88 Å². The molecular formula is C15H17N5O3. The molecule has 1 aliphatic rings. The predicted octanol–water partition coefficient (Wildman–Crippen LogP) is 0.662.